The van der Waals surface area contributed by atoms with Gasteiger partial charge in [0.25, 0.3) is 0 Å². The van der Waals surface area contributed by atoms with E-state index in [9.17, 15) is 0 Å². The molecule has 0 rings (SSSR count). The summed E-state index contributed by atoms with van der Waals surface area (Å²) in [5.74, 6) is 4.30. The zero-order valence-electron chi connectivity index (χ0n) is 15.1. The van der Waals surface area contributed by atoms with E-state index in [1.165, 1.54) is 19.3 Å². The fraction of sp³-hybridized carbons (Fsp3) is 0.929. The summed E-state index contributed by atoms with van der Waals surface area (Å²) in [5.41, 5.74) is 6.32. The first-order chi connectivity index (χ1) is 8.37. The molecule has 0 aliphatic carbocycles. The van der Waals surface area contributed by atoms with Gasteiger partial charge in [-0.15, -0.1) is 0 Å². The summed E-state index contributed by atoms with van der Waals surface area (Å²) in [6, 6.07) is 0. The van der Waals surface area contributed by atoms with Crippen LogP contribution in [0.4, 0.5) is 0 Å². The SMILES string of the molecule is CCCCCNS(CC)(CC)(CC)(CC)C(N)=S.[H-].[K+]. The van der Waals surface area contributed by atoms with Crippen molar-refractivity contribution in [1.82, 2.24) is 4.72 Å². The van der Waals surface area contributed by atoms with Crippen LogP contribution in [-0.4, -0.2) is 33.9 Å². The van der Waals surface area contributed by atoms with Crippen molar-refractivity contribution in [2.45, 2.75) is 53.9 Å². The average Bonchev–Trinajstić information content (AvgIpc) is 2.42. The van der Waals surface area contributed by atoms with Crippen molar-refractivity contribution in [2.24, 2.45) is 5.73 Å². The van der Waals surface area contributed by atoms with Gasteiger partial charge in [0.2, 0.25) is 0 Å². The molecule has 0 aliphatic heterocycles. The van der Waals surface area contributed by atoms with Gasteiger partial charge < -0.3 is 7.16 Å². The van der Waals surface area contributed by atoms with Crippen LogP contribution in [0, 0.1) is 0 Å². The summed E-state index contributed by atoms with van der Waals surface area (Å²) in [6.45, 7) is 12.4. The third-order valence-corrected chi connectivity index (χ3v) is 17.0. The predicted molar refractivity (Wildman–Crippen MR) is 95.2 cm³/mol. The first kappa shape index (κ1) is 23.1. The van der Waals surface area contributed by atoms with Crippen LogP contribution >= 0.6 is 20.7 Å². The predicted octanol–water partition coefficient (Wildman–Crippen LogP) is 0.997. The number of nitrogens with two attached hydrogens (primary N) is 1. The number of thiocarbonyl (C=S) groups is 1. The Morgan fingerprint density at radius 1 is 1.00 bits per heavy atom. The van der Waals surface area contributed by atoms with Gasteiger partial charge in [-0.25, -0.2) is 0 Å². The zero-order chi connectivity index (χ0) is 14.3. The second kappa shape index (κ2) is 8.46. The number of nitrogens with one attached hydrogen (secondary N) is 1. The molecule has 0 fully saturated rings. The van der Waals surface area contributed by atoms with Crippen LogP contribution in [0.5, 0.6) is 0 Å². The fourth-order valence-electron chi connectivity index (χ4n) is 3.06. The first-order valence-corrected chi connectivity index (χ1v) is 11.0. The van der Waals surface area contributed by atoms with Gasteiger partial charge in [-0.05, 0) is 29.4 Å². The van der Waals surface area contributed by atoms with Gasteiger partial charge in [-0.2, -0.15) is 8.48 Å². The molecule has 0 aromatic heterocycles. The van der Waals surface area contributed by atoms with E-state index in [1.54, 1.807) is 0 Å². The standard InChI is InChI=1S/C14H34N2S2.K.H/c1-6-11-12-13-16-18(7-2,8-3,9-4,10-5)14(15)17;;/h16H,6-13H2,1-5H3,(H2,15,17);;/q;+1;-1. The largest absolute Gasteiger partial charge is 1.00 e. The Morgan fingerprint density at radius 3 is 1.68 bits per heavy atom. The van der Waals surface area contributed by atoms with E-state index in [2.05, 4.69) is 39.3 Å². The van der Waals surface area contributed by atoms with E-state index < -0.39 is 8.48 Å². The molecule has 0 saturated carbocycles. The molecule has 0 bridgehead atoms. The minimum atomic E-state index is -2.59. The van der Waals surface area contributed by atoms with Crippen molar-refractivity contribution in [3.05, 3.63) is 0 Å². The summed E-state index contributed by atoms with van der Waals surface area (Å²) in [4.78, 5) is 0. The van der Waals surface area contributed by atoms with Crippen LogP contribution in [0.2, 0.25) is 0 Å². The Kier molecular flexibility index (Phi) is 10.3. The van der Waals surface area contributed by atoms with Crippen molar-refractivity contribution in [1.29, 1.82) is 0 Å². The Morgan fingerprint density at radius 2 is 1.42 bits per heavy atom. The number of unbranched alkanes of at least 4 members (excludes halogenated alkanes) is 2. The van der Waals surface area contributed by atoms with E-state index in [0.29, 0.717) is 0 Å². The van der Waals surface area contributed by atoms with Crippen molar-refractivity contribution < 1.29 is 52.8 Å². The molecule has 19 heavy (non-hydrogen) atoms. The molecule has 0 spiro atoms. The molecule has 0 unspecified atom stereocenters. The number of rotatable bonds is 9. The van der Waals surface area contributed by atoms with Gasteiger partial charge in [0.15, 0.2) is 0 Å². The molecule has 0 radical (unpaired) electrons. The fourth-order valence-corrected chi connectivity index (χ4v) is 10.0. The molecular formula is C14H35KN2S2. The second-order valence-corrected chi connectivity index (χ2v) is 14.3. The van der Waals surface area contributed by atoms with E-state index in [1.807, 2.05) is 0 Å². The third kappa shape index (κ3) is 3.78. The molecule has 0 aliphatic rings. The van der Waals surface area contributed by atoms with Crippen LogP contribution in [0.1, 0.15) is 55.3 Å². The van der Waals surface area contributed by atoms with E-state index in [4.69, 9.17) is 18.0 Å². The molecule has 114 valence electrons. The quantitative estimate of drug-likeness (QED) is 0.375. The molecule has 0 saturated heterocycles. The zero-order valence-corrected chi connectivity index (χ0v) is 18.8. The van der Waals surface area contributed by atoms with Gasteiger partial charge in [-0.3, -0.25) is 4.72 Å². The van der Waals surface area contributed by atoms with Crippen molar-refractivity contribution in [3.63, 3.8) is 0 Å². The smallest absolute Gasteiger partial charge is 1.00 e. The van der Waals surface area contributed by atoms with Crippen LogP contribution in [0.15, 0.2) is 0 Å². The molecular weight excluding hydrogens is 299 g/mol. The molecule has 0 aromatic rings. The molecule has 2 nitrogen and oxygen atoms in total. The van der Waals surface area contributed by atoms with E-state index in [-0.39, 0.29) is 52.8 Å². The van der Waals surface area contributed by atoms with E-state index in [0.717, 1.165) is 33.9 Å². The maximum Gasteiger partial charge on any atom is 1.00 e. The van der Waals surface area contributed by atoms with Crippen LogP contribution in [0.25, 0.3) is 0 Å². The number of hydrogen-bond acceptors (Lipinski definition) is 2. The molecule has 5 heteroatoms. The summed E-state index contributed by atoms with van der Waals surface area (Å²) < 4.78 is 4.71. The van der Waals surface area contributed by atoms with Gasteiger partial charge in [-0.1, -0.05) is 59.7 Å². The Labute approximate surface area is 169 Å². The maximum absolute atomic E-state index is 6.32. The third-order valence-electron chi connectivity index (χ3n) is 5.64. The molecule has 0 aromatic carbocycles. The summed E-state index contributed by atoms with van der Waals surface area (Å²) in [6.07, 6.45) is 3.75. The minimum absolute atomic E-state index is 0. The second-order valence-electron chi connectivity index (χ2n) is 5.56. The van der Waals surface area contributed by atoms with Gasteiger partial charge in [0.1, 0.15) is 4.32 Å². The summed E-state index contributed by atoms with van der Waals surface area (Å²) in [7, 11) is -2.59. The van der Waals surface area contributed by atoms with Crippen LogP contribution < -0.4 is 61.8 Å². The van der Waals surface area contributed by atoms with E-state index >= 15 is 0 Å². The first-order valence-electron chi connectivity index (χ1n) is 7.44. The van der Waals surface area contributed by atoms with Crippen molar-refractivity contribution in [2.75, 3.05) is 29.6 Å². The Balaban J connectivity index is -0.00000144. The molecule has 0 heterocycles. The normalized spacial score (nSPS) is 15.2. The molecule has 3 N–H and O–H groups in total. The Hall–Kier alpha value is 1.84. The van der Waals surface area contributed by atoms with Crippen molar-refractivity contribution in [3.8, 4) is 0 Å². The average molecular weight is 335 g/mol. The summed E-state index contributed by atoms with van der Waals surface area (Å²) >= 11 is 5.60. The Bertz CT molecular complexity index is 280. The topological polar surface area (TPSA) is 38.0 Å². The monoisotopic (exact) mass is 334 g/mol. The van der Waals surface area contributed by atoms with Crippen LogP contribution in [-0.2, 0) is 0 Å². The van der Waals surface area contributed by atoms with Gasteiger partial charge in [0.05, 0.1) is 0 Å². The number of hydrogen-bond donors (Lipinski definition) is 2. The van der Waals surface area contributed by atoms with Crippen LogP contribution in [0.3, 0.4) is 0 Å². The van der Waals surface area contributed by atoms with Gasteiger partial charge in [0, 0.05) is 6.54 Å². The molecule has 0 amide bonds. The van der Waals surface area contributed by atoms with Crippen molar-refractivity contribution >= 4 is 25.0 Å². The summed E-state index contributed by atoms with van der Waals surface area (Å²) in [5, 5.41) is 0. The van der Waals surface area contributed by atoms with Gasteiger partial charge >= 0.3 is 51.4 Å². The minimum Gasteiger partial charge on any atom is -1.00 e. The molecule has 0 atom stereocenters. The maximum atomic E-state index is 6.32.